The molecule has 1 saturated carbocycles. The van der Waals surface area contributed by atoms with Crippen LogP contribution < -0.4 is 5.32 Å². The van der Waals surface area contributed by atoms with Gasteiger partial charge in [-0.15, -0.1) is 0 Å². The van der Waals surface area contributed by atoms with E-state index >= 15 is 0 Å². The lowest BCUT2D eigenvalue weighted by Crippen LogP contribution is -2.46. The summed E-state index contributed by atoms with van der Waals surface area (Å²) >= 11 is 0. The number of hydrogen-bond acceptors (Lipinski definition) is 3. The molecule has 0 radical (unpaired) electrons. The van der Waals surface area contributed by atoms with Crippen LogP contribution in [0.4, 0.5) is 0 Å². The molecular formula is C11H20N2O3. The Morgan fingerprint density at radius 1 is 1.31 bits per heavy atom. The summed E-state index contributed by atoms with van der Waals surface area (Å²) in [6, 6.07) is 0.146. The number of hydrogen-bond donors (Lipinski definition) is 2. The van der Waals surface area contributed by atoms with Crippen LogP contribution >= 0.6 is 0 Å². The maximum atomic E-state index is 11.5. The maximum absolute atomic E-state index is 11.5. The molecule has 0 atom stereocenters. The van der Waals surface area contributed by atoms with E-state index in [4.69, 9.17) is 5.11 Å². The summed E-state index contributed by atoms with van der Waals surface area (Å²) in [5, 5.41) is 11.4. The third-order valence-electron chi connectivity index (χ3n) is 2.92. The molecule has 0 bridgehead atoms. The largest absolute Gasteiger partial charge is 0.395 e. The molecule has 1 fully saturated rings. The third kappa shape index (κ3) is 3.81. The van der Waals surface area contributed by atoms with Gasteiger partial charge in [0.2, 0.25) is 0 Å². The second-order valence-electron chi connectivity index (χ2n) is 4.26. The average Bonchev–Trinajstić information content (AvgIpc) is 2.29. The Balaban J connectivity index is 2.35. The molecule has 0 aromatic rings. The Hall–Kier alpha value is -1.10. The summed E-state index contributed by atoms with van der Waals surface area (Å²) in [6.07, 6.45) is 5.37. The Kier molecular flexibility index (Phi) is 5.25. The zero-order valence-electron chi connectivity index (χ0n) is 9.74. The number of aliphatic hydroxyl groups is 1. The molecule has 0 saturated heterocycles. The molecule has 92 valence electrons. The van der Waals surface area contributed by atoms with Crippen LogP contribution in [-0.2, 0) is 9.59 Å². The Bertz CT molecular complexity index is 250. The van der Waals surface area contributed by atoms with Gasteiger partial charge in [-0.25, -0.2) is 0 Å². The van der Waals surface area contributed by atoms with Gasteiger partial charge in [0.15, 0.2) is 0 Å². The summed E-state index contributed by atoms with van der Waals surface area (Å²) in [5.74, 6) is -1.12. The van der Waals surface area contributed by atoms with E-state index in [1.165, 1.54) is 18.4 Å². The molecule has 0 unspecified atom stereocenters. The van der Waals surface area contributed by atoms with Crippen molar-refractivity contribution in [2.45, 2.75) is 38.1 Å². The number of amides is 2. The minimum Gasteiger partial charge on any atom is -0.395 e. The topological polar surface area (TPSA) is 69.6 Å². The number of nitrogens with one attached hydrogen (secondary N) is 1. The van der Waals surface area contributed by atoms with E-state index in [1.807, 2.05) is 0 Å². The number of nitrogens with zero attached hydrogens (tertiary/aromatic N) is 1. The van der Waals surface area contributed by atoms with Gasteiger partial charge >= 0.3 is 11.8 Å². The summed E-state index contributed by atoms with van der Waals surface area (Å²) in [6.45, 7) is 0.0653. The fourth-order valence-electron chi connectivity index (χ4n) is 1.92. The number of carbonyl (C=O) groups is 2. The van der Waals surface area contributed by atoms with E-state index in [2.05, 4.69) is 5.32 Å². The second kappa shape index (κ2) is 6.48. The van der Waals surface area contributed by atoms with Crippen molar-refractivity contribution < 1.29 is 14.7 Å². The first-order valence-electron chi connectivity index (χ1n) is 5.82. The first-order valence-corrected chi connectivity index (χ1v) is 5.82. The van der Waals surface area contributed by atoms with Gasteiger partial charge in [0, 0.05) is 19.6 Å². The van der Waals surface area contributed by atoms with Crippen LogP contribution in [0.1, 0.15) is 32.1 Å². The Morgan fingerprint density at radius 2 is 1.94 bits per heavy atom. The molecule has 1 rings (SSSR count). The van der Waals surface area contributed by atoms with E-state index in [0.717, 1.165) is 25.7 Å². The first-order chi connectivity index (χ1) is 7.65. The molecule has 0 aromatic heterocycles. The summed E-state index contributed by atoms with van der Waals surface area (Å²) in [7, 11) is 1.51. The van der Waals surface area contributed by atoms with Crippen LogP contribution in [-0.4, -0.2) is 48.1 Å². The van der Waals surface area contributed by atoms with Gasteiger partial charge in [0.25, 0.3) is 0 Å². The van der Waals surface area contributed by atoms with E-state index in [-0.39, 0.29) is 19.2 Å². The lowest BCUT2D eigenvalue weighted by atomic mass is 9.95. The lowest BCUT2D eigenvalue weighted by molar-refractivity contribution is -0.145. The van der Waals surface area contributed by atoms with Crippen LogP contribution in [0.2, 0.25) is 0 Å². The monoisotopic (exact) mass is 228 g/mol. The van der Waals surface area contributed by atoms with Gasteiger partial charge in [-0.2, -0.15) is 0 Å². The Morgan fingerprint density at radius 3 is 2.50 bits per heavy atom. The molecule has 2 amide bonds. The zero-order chi connectivity index (χ0) is 12.0. The van der Waals surface area contributed by atoms with Crippen molar-refractivity contribution in [1.29, 1.82) is 0 Å². The first kappa shape index (κ1) is 13.0. The summed E-state index contributed by atoms with van der Waals surface area (Å²) < 4.78 is 0. The van der Waals surface area contributed by atoms with Gasteiger partial charge in [-0.3, -0.25) is 9.59 Å². The number of likely N-dealkylation sites (N-methyl/N-ethyl adjacent to an activating group) is 1. The standard InChI is InChI=1S/C11H20N2O3/c1-13(7-8-14)11(16)10(15)12-9-5-3-2-4-6-9/h9,14H,2-8H2,1H3,(H,12,15). The van der Waals surface area contributed by atoms with E-state index in [0.29, 0.717) is 0 Å². The van der Waals surface area contributed by atoms with Gasteiger partial charge in [0.1, 0.15) is 0 Å². The van der Waals surface area contributed by atoms with Crippen molar-refractivity contribution in [2.24, 2.45) is 0 Å². The molecule has 1 aliphatic rings. The molecule has 0 heterocycles. The molecule has 0 spiro atoms. The zero-order valence-corrected chi connectivity index (χ0v) is 9.74. The highest BCUT2D eigenvalue weighted by Crippen LogP contribution is 2.17. The highest BCUT2D eigenvalue weighted by molar-refractivity contribution is 6.35. The van der Waals surface area contributed by atoms with Crippen molar-refractivity contribution in [3.8, 4) is 0 Å². The van der Waals surface area contributed by atoms with Crippen molar-refractivity contribution in [3.63, 3.8) is 0 Å². The minimum atomic E-state index is -0.570. The highest BCUT2D eigenvalue weighted by atomic mass is 16.3. The van der Waals surface area contributed by atoms with Crippen molar-refractivity contribution in [1.82, 2.24) is 10.2 Å². The number of aliphatic hydroxyl groups excluding tert-OH is 1. The normalized spacial score (nSPS) is 16.9. The molecule has 16 heavy (non-hydrogen) atoms. The lowest BCUT2D eigenvalue weighted by Gasteiger charge is -2.23. The van der Waals surface area contributed by atoms with Crippen molar-refractivity contribution in [2.75, 3.05) is 20.2 Å². The number of carbonyl (C=O) groups excluding carboxylic acids is 2. The second-order valence-corrected chi connectivity index (χ2v) is 4.26. The predicted octanol–water partition coefficient (Wildman–Crippen LogP) is -0.114. The SMILES string of the molecule is CN(CCO)C(=O)C(=O)NC1CCCCC1. The molecule has 0 aromatic carbocycles. The molecule has 5 heteroatoms. The fraction of sp³-hybridized carbons (Fsp3) is 0.818. The van der Waals surface area contributed by atoms with Crippen LogP contribution in [0, 0.1) is 0 Å². The molecule has 1 aliphatic carbocycles. The van der Waals surface area contributed by atoms with Gasteiger partial charge < -0.3 is 15.3 Å². The van der Waals surface area contributed by atoms with E-state index in [1.54, 1.807) is 0 Å². The predicted molar refractivity (Wildman–Crippen MR) is 59.7 cm³/mol. The third-order valence-corrected chi connectivity index (χ3v) is 2.92. The van der Waals surface area contributed by atoms with Crippen LogP contribution in [0.3, 0.4) is 0 Å². The van der Waals surface area contributed by atoms with Gasteiger partial charge in [0.05, 0.1) is 6.61 Å². The van der Waals surface area contributed by atoms with E-state index in [9.17, 15) is 9.59 Å². The number of rotatable bonds is 3. The Labute approximate surface area is 95.8 Å². The van der Waals surface area contributed by atoms with Crippen LogP contribution in [0.5, 0.6) is 0 Å². The highest BCUT2D eigenvalue weighted by Gasteiger charge is 2.22. The maximum Gasteiger partial charge on any atom is 0.311 e. The van der Waals surface area contributed by atoms with Gasteiger partial charge in [-0.1, -0.05) is 19.3 Å². The van der Waals surface area contributed by atoms with Crippen LogP contribution in [0.15, 0.2) is 0 Å². The average molecular weight is 228 g/mol. The summed E-state index contributed by atoms with van der Waals surface area (Å²) in [4.78, 5) is 24.3. The quantitative estimate of drug-likeness (QED) is 0.662. The van der Waals surface area contributed by atoms with Crippen molar-refractivity contribution in [3.05, 3.63) is 0 Å². The van der Waals surface area contributed by atoms with E-state index < -0.39 is 11.8 Å². The molecule has 5 nitrogen and oxygen atoms in total. The van der Waals surface area contributed by atoms with Crippen molar-refractivity contribution >= 4 is 11.8 Å². The van der Waals surface area contributed by atoms with Gasteiger partial charge in [-0.05, 0) is 12.8 Å². The minimum absolute atomic E-state index is 0.126. The summed E-state index contributed by atoms with van der Waals surface area (Å²) in [5.41, 5.74) is 0. The van der Waals surface area contributed by atoms with Crippen LogP contribution in [0.25, 0.3) is 0 Å². The molecular weight excluding hydrogens is 208 g/mol. The molecule has 2 N–H and O–H groups in total. The molecule has 0 aliphatic heterocycles. The fourth-order valence-corrected chi connectivity index (χ4v) is 1.92. The smallest absolute Gasteiger partial charge is 0.311 e.